The SMILES string of the molecule is O=C(NCCN(C(=O)c1ccc(Cl)cc1Cl)c1ccc(F)cc1)c1ccc(F)cc1. The Morgan fingerprint density at radius 2 is 1.47 bits per heavy atom. The maximum Gasteiger partial charge on any atom is 0.259 e. The van der Waals surface area contributed by atoms with Crippen LogP contribution in [0.15, 0.2) is 66.7 Å². The van der Waals surface area contributed by atoms with E-state index in [0.717, 1.165) is 0 Å². The Bertz CT molecular complexity index is 1060. The maximum atomic E-state index is 13.3. The standard InChI is InChI=1S/C22H16Cl2F2N2O2/c23-15-3-10-19(20(24)13-15)22(30)28(18-8-6-17(26)7-9-18)12-11-27-21(29)14-1-4-16(25)5-2-14/h1-10,13H,11-12H2,(H,27,29). The van der Waals surface area contributed by atoms with Crippen molar-refractivity contribution in [3.05, 3.63) is 99.5 Å². The topological polar surface area (TPSA) is 49.4 Å². The van der Waals surface area contributed by atoms with Gasteiger partial charge >= 0.3 is 0 Å². The first-order valence-corrected chi connectivity index (χ1v) is 9.67. The van der Waals surface area contributed by atoms with Gasteiger partial charge in [-0.15, -0.1) is 0 Å². The summed E-state index contributed by atoms with van der Waals surface area (Å²) in [6.07, 6.45) is 0. The summed E-state index contributed by atoms with van der Waals surface area (Å²) in [5, 5.41) is 3.24. The van der Waals surface area contributed by atoms with Gasteiger partial charge in [-0.2, -0.15) is 0 Å². The molecule has 30 heavy (non-hydrogen) atoms. The second kappa shape index (κ2) is 9.69. The molecular weight excluding hydrogens is 433 g/mol. The Morgan fingerprint density at radius 1 is 0.867 bits per heavy atom. The molecule has 154 valence electrons. The van der Waals surface area contributed by atoms with Gasteiger partial charge in [0.2, 0.25) is 0 Å². The van der Waals surface area contributed by atoms with Crippen molar-refractivity contribution >= 4 is 40.7 Å². The third kappa shape index (κ3) is 5.34. The number of amides is 2. The van der Waals surface area contributed by atoms with Crippen molar-refractivity contribution in [1.29, 1.82) is 0 Å². The number of nitrogens with zero attached hydrogens (tertiary/aromatic N) is 1. The van der Waals surface area contributed by atoms with E-state index in [1.807, 2.05) is 0 Å². The summed E-state index contributed by atoms with van der Waals surface area (Å²) in [4.78, 5) is 26.7. The van der Waals surface area contributed by atoms with E-state index in [2.05, 4.69) is 5.32 Å². The number of hydrogen-bond acceptors (Lipinski definition) is 2. The molecule has 3 rings (SSSR count). The predicted octanol–water partition coefficient (Wildman–Crippen LogP) is 5.35. The highest BCUT2D eigenvalue weighted by Crippen LogP contribution is 2.25. The van der Waals surface area contributed by atoms with E-state index < -0.39 is 23.4 Å². The van der Waals surface area contributed by atoms with Gasteiger partial charge in [-0.25, -0.2) is 8.78 Å². The highest BCUT2D eigenvalue weighted by molar-refractivity contribution is 6.37. The largest absolute Gasteiger partial charge is 0.350 e. The third-order valence-corrected chi connectivity index (χ3v) is 4.82. The Kier molecular flexibility index (Phi) is 7.03. The first kappa shape index (κ1) is 21.7. The van der Waals surface area contributed by atoms with Gasteiger partial charge in [0.15, 0.2) is 0 Å². The lowest BCUT2D eigenvalue weighted by atomic mass is 10.1. The van der Waals surface area contributed by atoms with Crippen LogP contribution in [0.1, 0.15) is 20.7 Å². The molecule has 0 unspecified atom stereocenters. The molecule has 0 heterocycles. The molecule has 0 aliphatic carbocycles. The number of carbonyl (C=O) groups excluding carboxylic acids is 2. The molecule has 1 N–H and O–H groups in total. The van der Waals surface area contributed by atoms with E-state index >= 15 is 0 Å². The van der Waals surface area contributed by atoms with Gasteiger partial charge in [-0.1, -0.05) is 23.2 Å². The Morgan fingerprint density at radius 3 is 2.07 bits per heavy atom. The molecule has 0 bridgehead atoms. The molecule has 3 aromatic rings. The van der Waals surface area contributed by atoms with Gasteiger partial charge in [0.1, 0.15) is 11.6 Å². The zero-order chi connectivity index (χ0) is 21.7. The lowest BCUT2D eigenvalue weighted by molar-refractivity contribution is 0.0943. The quantitative estimate of drug-likeness (QED) is 0.552. The van der Waals surface area contributed by atoms with Crippen LogP contribution in [0.3, 0.4) is 0 Å². The molecule has 0 atom stereocenters. The van der Waals surface area contributed by atoms with Gasteiger partial charge < -0.3 is 10.2 Å². The highest BCUT2D eigenvalue weighted by atomic mass is 35.5. The van der Waals surface area contributed by atoms with Crippen LogP contribution in [0.2, 0.25) is 10.0 Å². The molecular formula is C22H16Cl2F2N2O2. The number of rotatable bonds is 6. The zero-order valence-corrected chi connectivity index (χ0v) is 17.1. The number of benzene rings is 3. The van der Waals surface area contributed by atoms with Crippen molar-refractivity contribution in [2.45, 2.75) is 0 Å². The third-order valence-electron chi connectivity index (χ3n) is 4.27. The van der Waals surface area contributed by atoms with Crippen LogP contribution in [0, 0.1) is 11.6 Å². The zero-order valence-electron chi connectivity index (χ0n) is 15.5. The molecule has 2 amide bonds. The van der Waals surface area contributed by atoms with E-state index in [0.29, 0.717) is 10.7 Å². The summed E-state index contributed by atoms with van der Waals surface area (Å²) in [7, 11) is 0. The summed E-state index contributed by atoms with van der Waals surface area (Å²) < 4.78 is 26.3. The van der Waals surface area contributed by atoms with E-state index in [9.17, 15) is 18.4 Å². The van der Waals surface area contributed by atoms with Gasteiger partial charge in [-0.05, 0) is 66.7 Å². The first-order chi connectivity index (χ1) is 14.3. The molecule has 4 nitrogen and oxygen atoms in total. The van der Waals surface area contributed by atoms with Crippen molar-refractivity contribution in [3.63, 3.8) is 0 Å². The number of hydrogen-bond donors (Lipinski definition) is 1. The van der Waals surface area contributed by atoms with Crippen LogP contribution in [0.4, 0.5) is 14.5 Å². The Hall–Kier alpha value is -2.96. The molecule has 0 aromatic heterocycles. The summed E-state index contributed by atoms with van der Waals surface area (Å²) >= 11 is 12.1. The smallest absolute Gasteiger partial charge is 0.259 e. The molecule has 0 saturated heterocycles. The molecule has 3 aromatic carbocycles. The Labute approximate surface area is 182 Å². The van der Waals surface area contributed by atoms with Gasteiger partial charge in [0.05, 0.1) is 10.6 Å². The van der Waals surface area contributed by atoms with E-state index in [4.69, 9.17) is 23.2 Å². The molecule has 0 spiro atoms. The lowest BCUT2D eigenvalue weighted by Gasteiger charge is -2.24. The summed E-state index contributed by atoms with van der Waals surface area (Å²) in [6.45, 7) is 0.195. The fraction of sp³-hybridized carbons (Fsp3) is 0.0909. The number of anilines is 1. The number of carbonyl (C=O) groups is 2. The second-order valence-corrected chi connectivity index (χ2v) is 7.16. The van der Waals surface area contributed by atoms with Crippen LogP contribution in [0.5, 0.6) is 0 Å². The number of halogens is 4. The molecule has 0 saturated carbocycles. The average molecular weight is 449 g/mol. The summed E-state index contributed by atoms with van der Waals surface area (Å²) in [5.74, 6) is -1.73. The normalized spacial score (nSPS) is 10.5. The highest BCUT2D eigenvalue weighted by Gasteiger charge is 2.20. The van der Waals surface area contributed by atoms with Crippen molar-refractivity contribution in [2.24, 2.45) is 0 Å². The molecule has 0 radical (unpaired) electrons. The van der Waals surface area contributed by atoms with E-state index in [1.54, 1.807) is 6.07 Å². The molecule has 0 fully saturated rings. The van der Waals surface area contributed by atoms with E-state index in [1.165, 1.54) is 65.6 Å². The van der Waals surface area contributed by atoms with Gasteiger partial charge in [-0.3, -0.25) is 9.59 Å². The molecule has 0 aliphatic rings. The van der Waals surface area contributed by atoms with Crippen molar-refractivity contribution in [2.75, 3.05) is 18.0 Å². The second-order valence-electron chi connectivity index (χ2n) is 6.32. The summed E-state index contributed by atoms with van der Waals surface area (Å²) in [6, 6.07) is 15.0. The lowest BCUT2D eigenvalue weighted by Crippen LogP contribution is -2.39. The minimum absolute atomic E-state index is 0.0936. The monoisotopic (exact) mass is 448 g/mol. The van der Waals surface area contributed by atoms with Crippen molar-refractivity contribution in [3.8, 4) is 0 Å². The fourth-order valence-corrected chi connectivity index (χ4v) is 3.25. The van der Waals surface area contributed by atoms with Gasteiger partial charge in [0.25, 0.3) is 11.8 Å². The average Bonchev–Trinajstić information content (AvgIpc) is 2.72. The minimum Gasteiger partial charge on any atom is -0.350 e. The van der Waals surface area contributed by atoms with Crippen LogP contribution >= 0.6 is 23.2 Å². The van der Waals surface area contributed by atoms with E-state index in [-0.39, 0.29) is 29.2 Å². The van der Waals surface area contributed by atoms with Crippen LogP contribution in [-0.4, -0.2) is 24.9 Å². The fourth-order valence-electron chi connectivity index (χ4n) is 2.76. The maximum absolute atomic E-state index is 13.3. The minimum atomic E-state index is -0.445. The van der Waals surface area contributed by atoms with Gasteiger partial charge in [0, 0.05) is 29.4 Å². The predicted molar refractivity (Wildman–Crippen MR) is 113 cm³/mol. The van der Waals surface area contributed by atoms with Crippen LogP contribution < -0.4 is 10.2 Å². The summed E-state index contributed by atoms with van der Waals surface area (Å²) in [5.41, 5.74) is 0.940. The van der Waals surface area contributed by atoms with Crippen molar-refractivity contribution < 1.29 is 18.4 Å². The molecule has 0 aliphatic heterocycles. The molecule has 8 heteroatoms. The first-order valence-electron chi connectivity index (χ1n) is 8.91. The van der Waals surface area contributed by atoms with Crippen LogP contribution in [0.25, 0.3) is 0 Å². The van der Waals surface area contributed by atoms with Crippen molar-refractivity contribution in [1.82, 2.24) is 5.32 Å². The van der Waals surface area contributed by atoms with Crippen LogP contribution in [-0.2, 0) is 0 Å². The Balaban J connectivity index is 1.77. The number of nitrogens with one attached hydrogen (secondary N) is 1.